The summed E-state index contributed by atoms with van der Waals surface area (Å²) in [5.41, 5.74) is 3.08. The lowest BCUT2D eigenvalue weighted by Crippen LogP contribution is -2.58. The lowest BCUT2D eigenvalue weighted by Gasteiger charge is -2.43. The predicted molar refractivity (Wildman–Crippen MR) is 166 cm³/mol. The fraction of sp³-hybridized carbons (Fsp3) is 0.273. The van der Waals surface area contributed by atoms with Gasteiger partial charge in [-0.3, -0.25) is 14.6 Å². The zero-order valence-electron chi connectivity index (χ0n) is 24.5. The molecule has 0 N–H and O–H groups in total. The minimum atomic E-state index is -0.879. The van der Waals surface area contributed by atoms with Crippen molar-refractivity contribution in [1.82, 2.24) is 15.0 Å². The topological polar surface area (TPSA) is 79.8 Å². The van der Waals surface area contributed by atoms with Gasteiger partial charge in [-0.05, 0) is 83.0 Å². The standard InChI is InChI=1S/C33H33Cl2N3O4/c1-7-22-8-10-23(11-9-22)30(39)37(38(33(4,5)6)31(40)25-15-20(2)14-21(3)16-25)19-42-32(41)28-27(35)13-12-24-17-26(34)18-36-29(24)28/h8-18H,7,19H2,1-6H3. The first-order chi connectivity index (χ1) is 19.8. The van der Waals surface area contributed by atoms with Crippen molar-refractivity contribution in [3.05, 3.63) is 110 Å². The van der Waals surface area contributed by atoms with Gasteiger partial charge in [-0.15, -0.1) is 0 Å². The Hall–Kier alpha value is -3.94. The molecule has 1 aromatic heterocycles. The van der Waals surface area contributed by atoms with Crippen LogP contribution >= 0.6 is 23.2 Å². The van der Waals surface area contributed by atoms with Gasteiger partial charge in [0.05, 0.1) is 21.1 Å². The molecule has 42 heavy (non-hydrogen) atoms. The molecule has 4 rings (SSSR count). The largest absolute Gasteiger partial charge is 0.439 e. The highest BCUT2D eigenvalue weighted by Crippen LogP contribution is 2.28. The molecule has 0 aliphatic rings. The van der Waals surface area contributed by atoms with Crippen molar-refractivity contribution in [2.24, 2.45) is 0 Å². The van der Waals surface area contributed by atoms with E-state index >= 15 is 0 Å². The number of hydrazine groups is 1. The minimum Gasteiger partial charge on any atom is -0.439 e. The Morgan fingerprint density at radius 1 is 0.857 bits per heavy atom. The number of pyridine rings is 1. The van der Waals surface area contributed by atoms with Crippen LogP contribution in [-0.4, -0.2) is 45.1 Å². The van der Waals surface area contributed by atoms with Crippen molar-refractivity contribution in [1.29, 1.82) is 0 Å². The van der Waals surface area contributed by atoms with E-state index in [9.17, 15) is 14.4 Å². The number of carbonyl (C=O) groups is 3. The number of hydrogen-bond acceptors (Lipinski definition) is 5. The molecule has 0 bridgehead atoms. The Bertz CT molecular complexity index is 1640. The van der Waals surface area contributed by atoms with Crippen molar-refractivity contribution in [2.75, 3.05) is 6.73 Å². The molecular formula is C33H33Cl2N3O4. The smallest absolute Gasteiger partial charge is 0.343 e. The summed E-state index contributed by atoms with van der Waals surface area (Å²) in [6.45, 7) is 10.7. The van der Waals surface area contributed by atoms with Gasteiger partial charge >= 0.3 is 5.97 Å². The number of amides is 2. The summed E-state index contributed by atoms with van der Waals surface area (Å²) in [5, 5.41) is 3.65. The van der Waals surface area contributed by atoms with Crippen molar-refractivity contribution in [3.8, 4) is 0 Å². The molecule has 0 saturated carbocycles. The molecule has 0 atom stereocenters. The van der Waals surface area contributed by atoms with Crippen LogP contribution in [-0.2, 0) is 11.2 Å². The maximum absolute atomic E-state index is 14.1. The lowest BCUT2D eigenvalue weighted by atomic mass is 10.0. The van der Waals surface area contributed by atoms with Crippen LogP contribution in [0, 0.1) is 13.8 Å². The highest BCUT2D eigenvalue weighted by molar-refractivity contribution is 6.35. The molecule has 0 spiro atoms. The van der Waals surface area contributed by atoms with E-state index in [2.05, 4.69) is 4.98 Å². The molecule has 1 heterocycles. The van der Waals surface area contributed by atoms with Gasteiger partial charge in [-0.2, -0.15) is 0 Å². The fourth-order valence-corrected chi connectivity index (χ4v) is 5.17. The zero-order valence-corrected chi connectivity index (χ0v) is 26.0. The average Bonchev–Trinajstić information content (AvgIpc) is 2.93. The minimum absolute atomic E-state index is 0.0356. The summed E-state index contributed by atoms with van der Waals surface area (Å²) in [4.78, 5) is 45.9. The van der Waals surface area contributed by atoms with Gasteiger partial charge < -0.3 is 4.74 Å². The molecule has 9 heteroatoms. The third kappa shape index (κ3) is 6.75. The van der Waals surface area contributed by atoms with Crippen LogP contribution in [0.4, 0.5) is 0 Å². The molecular weight excluding hydrogens is 573 g/mol. The van der Waals surface area contributed by atoms with Crippen LogP contribution in [0.25, 0.3) is 10.9 Å². The highest BCUT2D eigenvalue weighted by Gasteiger charge is 2.37. The van der Waals surface area contributed by atoms with Crippen LogP contribution in [0.15, 0.2) is 66.9 Å². The third-order valence-corrected chi connectivity index (χ3v) is 7.19. The zero-order chi connectivity index (χ0) is 30.8. The molecule has 0 aliphatic heterocycles. The van der Waals surface area contributed by atoms with Crippen LogP contribution < -0.4 is 0 Å². The number of carbonyl (C=O) groups excluding carboxylic acids is 3. The quantitative estimate of drug-likeness (QED) is 0.127. The van der Waals surface area contributed by atoms with E-state index < -0.39 is 30.1 Å². The maximum atomic E-state index is 14.1. The molecule has 0 saturated heterocycles. The number of hydrogen-bond donors (Lipinski definition) is 0. The summed E-state index contributed by atoms with van der Waals surface area (Å²) in [6.07, 6.45) is 2.22. The molecule has 0 fully saturated rings. The van der Waals surface area contributed by atoms with Gasteiger partial charge in [0, 0.05) is 22.7 Å². The normalized spacial score (nSPS) is 11.3. The molecule has 218 valence electrons. The highest BCUT2D eigenvalue weighted by atomic mass is 35.5. The van der Waals surface area contributed by atoms with Gasteiger partial charge in [0.25, 0.3) is 11.8 Å². The Morgan fingerprint density at radius 2 is 1.50 bits per heavy atom. The second-order valence-corrected chi connectivity index (χ2v) is 12.0. The first-order valence-corrected chi connectivity index (χ1v) is 14.3. The first kappa shape index (κ1) is 31.0. The number of aryl methyl sites for hydroxylation is 3. The number of rotatable bonds is 6. The van der Waals surface area contributed by atoms with Crippen LogP contribution in [0.1, 0.15) is 75.5 Å². The lowest BCUT2D eigenvalue weighted by molar-refractivity contribution is -0.0826. The van der Waals surface area contributed by atoms with Gasteiger partial charge in [-0.1, -0.05) is 65.5 Å². The second-order valence-electron chi connectivity index (χ2n) is 11.1. The van der Waals surface area contributed by atoms with Crippen LogP contribution in [0.2, 0.25) is 10.0 Å². The summed E-state index contributed by atoms with van der Waals surface area (Å²) < 4.78 is 5.72. The van der Waals surface area contributed by atoms with Gasteiger partial charge in [0.1, 0.15) is 5.56 Å². The number of esters is 1. The molecule has 0 unspecified atom stereocenters. The molecule has 7 nitrogen and oxygen atoms in total. The predicted octanol–water partition coefficient (Wildman–Crippen LogP) is 7.83. The van der Waals surface area contributed by atoms with Crippen LogP contribution in [0.5, 0.6) is 0 Å². The first-order valence-electron chi connectivity index (χ1n) is 13.5. The summed E-state index contributed by atoms with van der Waals surface area (Å²) in [5.74, 6) is -1.72. The summed E-state index contributed by atoms with van der Waals surface area (Å²) in [6, 6.07) is 17.5. The Balaban J connectivity index is 1.77. The van der Waals surface area contributed by atoms with E-state index in [1.807, 2.05) is 59.7 Å². The van der Waals surface area contributed by atoms with Crippen molar-refractivity contribution < 1.29 is 19.1 Å². The SMILES string of the molecule is CCc1ccc(C(=O)N(COC(=O)c2c(Cl)ccc3cc(Cl)cnc23)N(C(=O)c2cc(C)cc(C)c2)C(C)(C)C)cc1. The molecule has 0 aliphatic carbocycles. The number of nitrogens with zero attached hydrogens (tertiary/aromatic N) is 3. The van der Waals surface area contributed by atoms with E-state index in [0.717, 1.165) is 23.1 Å². The Labute approximate surface area is 256 Å². The number of halogens is 2. The van der Waals surface area contributed by atoms with Gasteiger partial charge in [-0.25, -0.2) is 14.8 Å². The number of benzene rings is 3. The van der Waals surface area contributed by atoms with E-state index in [0.29, 0.717) is 27.1 Å². The van der Waals surface area contributed by atoms with Crippen molar-refractivity contribution in [3.63, 3.8) is 0 Å². The molecule has 0 radical (unpaired) electrons. The van der Waals surface area contributed by atoms with E-state index in [4.69, 9.17) is 27.9 Å². The van der Waals surface area contributed by atoms with Gasteiger partial charge in [0.15, 0.2) is 6.73 Å². The van der Waals surface area contributed by atoms with E-state index in [1.54, 1.807) is 42.5 Å². The summed E-state index contributed by atoms with van der Waals surface area (Å²) in [7, 11) is 0. The summed E-state index contributed by atoms with van der Waals surface area (Å²) >= 11 is 12.5. The molecule has 4 aromatic rings. The molecule has 2 amide bonds. The van der Waals surface area contributed by atoms with Crippen molar-refractivity contribution in [2.45, 2.75) is 53.5 Å². The van der Waals surface area contributed by atoms with Gasteiger partial charge in [0.2, 0.25) is 0 Å². The van der Waals surface area contributed by atoms with Crippen molar-refractivity contribution >= 4 is 51.9 Å². The van der Waals surface area contributed by atoms with E-state index in [-0.39, 0.29) is 10.6 Å². The van der Waals surface area contributed by atoms with Crippen LogP contribution in [0.3, 0.4) is 0 Å². The van der Waals surface area contributed by atoms with E-state index in [1.165, 1.54) is 16.2 Å². The third-order valence-electron chi connectivity index (χ3n) is 6.67. The second kappa shape index (κ2) is 12.5. The number of ether oxygens (including phenoxy) is 1. The number of fused-ring (bicyclic) bond motifs is 1. The Morgan fingerprint density at radius 3 is 2.10 bits per heavy atom. The maximum Gasteiger partial charge on any atom is 0.343 e. The Kier molecular flexibility index (Phi) is 9.24. The molecule has 3 aromatic carbocycles. The monoisotopic (exact) mass is 605 g/mol. The fourth-order valence-electron chi connectivity index (χ4n) is 4.77. The number of aromatic nitrogens is 1. The average molecular weight is 607 g/mol.